The molecule has 0 spiro atoms. The molecule has 0 saturated heterocycles. The zero-order valence-corrected chi connectivity index (χ0v) is 29.0. The largest absolute Gasteiger partial charge is 0.491 e. The van der Waals surface area contributed by atoms with Crippen molar-refractivity contribution in [1.29, 1.82) is 0 Å². The number of fused-ring (bicyclic) bond motifs is 1. The molecule has 0 bridgehead atoms. The van der Waals surface area contributed by atoms with Crippen molar-refractivity contribution in [2.45, 2.75) is 51.4 Å². The van der Waals surface area contributed by atoms with E-state index in [0.717, 1.165) is 57.3 Å². The van der Waals surface area contributed by atoms with Gasteiger partial charge in [0.05, 0.1) is 39.4 Å². The van der Waals surface area contributed by atoms with Gasteiger partial charge in [-0.25, -0.2) is 0 Å². The van der Waals surface area contributed by atoms with E-state index in [1.807, 2.05) is 79.7 Å². The van der Waals surface area contributed by atoms with E-state index in [1.165, 1.54) is 0 Å². The number of rotatable bonds is 23. The first-order chi connectivity index (χ1) is 24.8. The number of carbonyl (C=O) groups is 3. The van der Waals surface area contributed by atoms with Crippen molar-refractivity contribution in [2.24, 2.45) is 5.11 Å². The van der Waals surface area contributed by atoms with E-state index >= 15 is 0 Å². The molecule has 4 aromatic rings. The SMILES string of the molecule is Cc1ccnc(CCCCC(=O)NCC(=O)C[C@@H](CC(=O)O)c2ccc(-c3ccc(OCCOCCOCCN=[N+]=[N-])c4ccccc34)cc2)c1. The summed E-state index contributed by atoms with van der Waals surface area (Å²) in [5.41, 5.74) is 13.1. The Balaban J connectivity index is 1.28. The number of hydrogen-bond donors (Lipinski definition) is 2. The molecule has 1 aromatic heterocycles. The van der Waals surface area contributed by atoms with Crippen molar-refractivity contribution in [1.82, 2.24) is 10.3 Å². The highest BCUT2D eigenvalue weighted by atomic mass is 16.5. The predicted molar refractivity (Wildman–Crippen MR) is 195 cm³/mol. The summed E-state index contributed by atoms with van der Waals surface area (Å²) in [5.74, 6) is -1.20. The molecule has 51 heavy (non-hydrogen) atoms. The summed E-state index contributed by atoms with van der Waals surface area (Å²) in [5, 5.41) is 17.6. The minimum absolute atomic E-state index is 0.00801. The fourth-order valence-corrected chi connectivity index (χ4v) is 5.74. The normalized spacial score (nSPS) is 11.5. The van der Waals surface area contributed by atoms with Gasteiger partial charge in [-0.3, -0.25) is 19.4 Å². The Morgan fingerprint density at radius 2 is 1.65 bits per heavy atom. The molecule has 12 heteroatoms. The highest BCUT2D eigenvalue weighted by Gasteiger charge is 2.20. The highest BCUT2D eigenvalue weighted by molar-refractivity contribution is 6.00. The maximum absolute atomic E-state index is 12.9. The van der Waals surface area contributed by atoms with Crippen molar-refractivity contribution in [2.75, 3.05) is 46.1 Å². The van der Waals surface area contributed by atoms with Crippen molar-refractivity contribution >= 4 is 28.4 Å². The van der Waals surface area contributed by atoms with Gasteiger partial charge < -0.3 is 24.6 Å². The Bertz CT molecular complexity index is 1790. The zero-order chi connectivity index (χ0) is 36.3. The van der Waals surface area contributed by atoms with Crippen molar-refractivity contribution in [3.05, 3.63) is 106 Å². The van der Waals surface area contributed by atoms with Gasteiger partial charge in [0.25, 0.3) is 0 Å². The first-order valence-corrected chi connectivity index (χ1v) is 17.2. The molecule has 1 heterocycles. The van der Waals surface area contributed by atoms with Crippen LogP contribution in [0.2, 0.25) is 0 Å². The lowest BCUT2D eigenvalue weighted by atomic mass is 9.89. The first-order valence-electron chi connectivity index (χ1n) is 17.2. The van der Waals surface area contributed by atoms with Gasteiger partial charge in [0, 0.05) is 47.5 Å². The number of pyridine rings is 1. The van der Waals surface area contributed by atoms with E-state index in [1.54, 1.807) is 6.20 Å². The number of aryl methyl sites for hydroxylation is 2. The monoisotopic (exact) mass is 695 g/mol. The number of carboxylic acids is 1. The molecule has 4 rings (SSSR count). The number of azide groups is 1. The van der Waals surface area contributed by atoms with Gasteiger partial charge in [0.1, 0.15) is 12.4 Å². The number of benzene rings is 3. The molecule has 0 fully saturated rings. The van der Waals surface area contributed by atoms with E-state index in [4.69, 9.17) is 19.7 Å². The lowest BCUT2D eigenvalue weighted by Crippen LogP contribution is -2.30. The Labute approximate surface area is 297 Å². The van der Waals surface area contributed by atoms with E-state index in [9.17, 15) is 19.5 Å². The number of Topliss-reactive ketones (excluding diaryl/α,β-unsaturated/α-hetero) is 1. The molecular formula is C39H45N5O7. The van der Waals surface area contributed by atoms with Gasteiger partial charge in [0.15, 0.2) is 5.78 Å². The highest BCUT2D eigenvalue weighted by Crippen LogP contribution is 2.35. The molecule has 0 saturated carbocycles. The summed E-state index contributed by atoms with van der Waals surface area (Å²) in [6, 6.07) is 23.5. The summed E-state index contributed by atoms with van der Waals surface area (Å²) >= 11 is 0. The molecule has 0 unspecified atom stereocenters. The molecule has 0 radical (unpaired) electrons. The zero-order valence-electron chi connectivity index (χ0n) is 29.0. The van der Waals surface area contributed by atoms with Crippen molar-refractivity contribution in [3.8, 4) is 16.9 Å². The quantitative estimate of drug-likeness (QED) is 0.0362. The molecule has 3 aromatic carbocycles. The summed E-state index contributed by atoms with van der Waals surface area (Å²) in [6.45, 7) is 4.07. The maximum Gasteiger partial charge on any atom is 0.303 e. The van der Waals surface area contributed by atoms with E-state index in [2.05, 4.69) is 20.3 Å². The Morgan fingerprint density at radius 1 is 0.902 bits per heavy atom. The Morgan fingerprint density at radius 3 is 2.39 bits per heavy atom. The lowest BCUT2D eigenvalue weighted by molar-refractivity contribution is -0.137. The standard InChI is InChI=1S/C39H45N5O7/c1-28-16-17-41-32(24-28)6-2-5-9-38(46)42-27-33(45)25-31(26-39(47)48)29-10-12-30(13-11-29)34-14-15-37(36-8-4-3-7-35(34)36)51-23-22-50-21-20-49-19-18-43-44-40/h3-4,7-8,10-17,24,31H,2,5-6,9,18-23,25-27H2,1H3,(H,42,46)(H,47,48)/t31-/m0/s1. The van der Waals surface area contributed by atoms with Crippen LogP contribution < -0.4 is 10.1 Å². The van der Waals surface area contributed by atoms with Gasteiger partial charge in [-0.1, -0.05) is 59.7 Å². The number of aliphatic carboxylic acids is 1. The summed E-state index contributed by atoms with van der Waals surface area (Å²) in [7, 11) is 0. The fourth-order valence-electron chi connectivity index (χ4n) is 5.74. The number of amides is 1. The molecule has 2 N–H and O–H groups in total. The van der Waals surface area contributed by atoms with Crippen LogP contribution in [0.4, 0.5) is 0 Å². The number of nitrogens with one attached hydrogen (secondary N) is 1. The second kappa shape index (κ2) is 21.0. The van der Waals surface area contributed by atoms with Crippen LogP contribution in [-0.4, -0.2) is 73.9 Å². The molecule has 12 nitrogen and oxygen atoms in total. The van der Waals surface area contributed by atoms with Crippen LogP contribution in [0.3, 0.4) is 0 Å². The number of hydrogen-bond acceptors (Lipinski definition) is 8. The number of ether oxygens (including phenoxy) is 3. The number of aromatic nitrogens is 1. The summed E-state index contributed by atoms with van der Waals surface area (Å²) in [4.78, 5) is 44.0. The van der Waals surface area contributed by atoms with E-state index < -0.39 is 11.9 Å². The molecule has 0 aliphatic carbocycles. The fraction of sp³-hybridized carbons (Fsp3) is 0.385. The molecule has 0 aliphatic rings. The average Bonchev–Trinajstić information content (AvgIpc) is 3.13. The molecular weight excluding hydrogens is 650 g/mol. The van der Waals surface area contributed by atoms with Crippen LogP contribution in [0, 0.1) is 6.92 Å². The third kappa shape index (κ3) is 13.2. The first kappa shape index (κ1) is 38.5. The Hall–Kier alpha value is -5.29. The summed E-state index contributed by atoms with van der Waals surface area (Å²) in [6.07, 6.45) is 4.20. The topological polar surface area (TPSA) is 173 Å². The van der Waals surface area contributed by atoms with Crippen LogP contribution in [0.15, 0.2) is 84.1 Å². The minimum atomic E-state index is -0.994. The molecule has 1 amide bonds. The lowest BCUT2D eigenvalue weighted by Gasteiger charge is -2.17. The van der Waals surface area contributed by atoms with Gasteiger partial charge in [-0.2, -0.15) is 0 Å². The maximum atomic E-state index is 12.9. The van der Waals surface area contributed by atoms with E-state index in [0.29, 0.717) is 45.9 Å². The second-order valence-corrected chi connectivity index (χ2v) is 12.2. The van der Waals surface area contributed by atoms with Crippen molar-refractivity contribution < 1.29 is 33.7 Å². The van der Waals surface area contributed by atoms with Gasteiger partial charge in [0.2, 0.25) is 5.91 Å². The smallest absolute Gasteiger partial charge is 0.303 e. The Kier molecular flexibility index (Phi) is 15.9. The molecule has 1 atom stereocenters. The van der Waals surface area contributed by atoms with Crippen LogP contribution in [-0.2, 0) is 30.3 Å². The average molecular weight is 696 g/mol. The third-order valence-electron chi connectivity index (χ3n) is 8.27. The van der Waals surface area contributed by atoms with Crippen LogP contribution in [0.5, 0.6) is 5.75 Å². The number of unbranched alkanes of at least 4 members (excludes halogenated alkanes) is 1. The van der Waals surface area contributed by atoms with Gasteiger partial charge in [-0.05, 0) is 77.6 Å². The van der Waals surface area contributed by atoms with E-state index in [-0.39, 0.29) is 37.6 Å². The van der Waals surface area contributed by atoms with Gasteiger partial charge in [-0.15, -0.1) is 0 Å². The minimum Gasteiger partial charge on any atom is -0.491 e. The van der Waals surface area contributed by atoms with Crippen LogP contribution in [0.25, 0.3) is 32.3 Å². The number of nitrogens with zero attached hydrogens (tertiary/aromatic N) is 4. The molecule has 268 valence electrons. The number of carbonyl (C=O) groups excluding carboxylic acids is 2. The van der Waals surface area contributed by atoms with Gasteiger partial charge >= 0.3 is 5.97 Å². The van der Waals surface area contributed by atoms with Crippen molar-refractivity contribution in [3.63, 3.8) is 0 Å². The predicted octanol–water partition coefficient (Wildman–Crippen LogP) is 6.98. The number of carboxylic acid groups (broad SMARTS) is 1. The van der Waals surface area contributed by atoms with Crippen LogP contribution >= 0.6 is 0 Å². The van der Waals surface area contributed by atoms with Crippen LogP contribution in [0.1, 0.15) is 54.8 Å². The number of ketones is 1. The third-order valence-corrected chi connectivity index (χ3v) is 8.27. The summed E-state index contributed by atoms with van der Waals surface area (Å²) < 4.78 is 16.9. The second-order valence-electron chi connectivity index (χ2n) is 12.2. The molecule has 0 aliphatic heterocycles.